The molecule has 1 aromatic carbocycles. The summed E-state index contributed by atoms with van der Waals surface area (Å²) in [4.78, 5) is 14.1. The van der Waals surface area contributed by atoms with Crippen molar-refractivity contribution in [2.45, 2.75) is 18.9 Å². The van der Waals surface area contributed by atoms with Crippen molar-refractivity contribution < 1.29 is 13.2 Å². The van der Waals surface area contributed by atoms with Crippen molar-refractivity contribution in [3.8, 4) is 0 Å². The van der Waals surface area contributed by atoms with Crippen LogP contribution in [-0.4, -0.2) is 38.4 Å². The highest BCUT2D eigenvalue weighted by atomic mass is 35.5. The number of piperidine rings is 1. The Morgan fingerprint density at radius 1 is 1.27 bits per heavy atom. The van der Waals surface area contributed by atoms with Gasteiger partial charge in [0.2, 0.25) is 10.0 Å². The number of nitrogens with zero attached hydrogens (tertiary/aromatic N) is 1. The fourth-order valence-corrected chi connectivity index (χ4v) is 3.39. The van der Waals surface area contributed by atoms with E-state index in [1.54, 1.807) is 23.1 Å². The van der Waals surface area contributed by atoms with Gasteiger partial charge in [-0.2, -0.15) is 0 Å². The molecule has 1 N–H and O–H groups in total. The van der Waals surface area contributed by atoms with Gasteiger partial charge in [-0.3, -0.25) is 4.79 Å². The molecular formula is C14H16Cl2N2O3S. The van der Waals surface area contributed by atoms with Gasteiger partial charge < -0.3 is 4.90 Å². The van der Waals surface area contributed by atoms with Gasteiger partial charge in [0.1, 0.15) is 0 Å². The highest BCUT2D eigenvalue weighted by Crippen LogP contribution is 2.24. The van der Waals surface area contributed by atoms with Crippen molar-refractivity contribution in [3.05, 3.63) is 45.8 Å². The maximum Gasteiger partial charge on any atom is 0.253 e. The third-order valence-electron chi connectivity index (χ3n) is 3.50. The standard InChI is InChI=1S/C14H16Cl2N2O3S/c1-2-22(20,21)17-11-5-7-18(8-6-11)14(19)10-3-4-12(15)13(16)9-10/h2-4,9,11,17H,1,5-8H2. The molecule has 1 aromatic rings. The van der Waals surface area contributed by atoms with Gasteiger partial charge in [0, 0.05) is 30.1 Å². The van der Waals surface area contributed by atoms with E-state index in [0.717, 1.165) is 5.41 Å². The highest BCUT2D eigenvalue weighted by Gasteiger charge is 2.25. The molecule has 1 aliphatic heterocycles. The molecule has 0 bridgehead atoms. The first kappa shape index (κ1) is 17.3. The van der Waals surface area contributed by atoms with Crippen LogP contribution in [0.1, 0.15) is 23.2 Å². The topological polar surface area (TPSA) is 66.5 Å². The number of carbonyl (C=O) groups excluding carboxylic acids is 1. The van der Waals surface area contributed by atoms with E-state index in [1.807, 2.05) is 0 Å². The van der Waals surface area contributed by atoms with Crippen LogP contribution in [0.2, 0.25) is 10.0 Å². The Bertz CT molecular complexity index is 683. The Balaban J connectivity index is 1.97. The molecule has 120 valence electrons. The highest BCUT2D eigenvalue weighted by molar-refractivity contribution is 7.92. The first-order chi connectivity index (χ1) is 10.3. The van der Waals surface area contributed by atoms with E-state index in [1.165, 1.54) is 0 Å². The smallest absolute Gasteiger partial charge is 0.253 e. The Morgan fingerprint density at radius 2 is 1.91 bits per heavy atom. The van der Waals surface area contributed by atoms with Crippen molar-refractivity contribution in [2.24, 2.45) is 0 Å². The van der Waals surface area contributed by atoms with Crippen LogP contribution >= 0.6 is 23.2 Å². The minimum atomic E-state index is -3.44. The SMILES string of the molecule is C=CS(=O)(=O)NC1CCN(C(=O)c2ccc(Cl)c(Cl)c2)CC1. The zero-order chi connectivity index (χ0) is 16.3. The van der Waals surface area contributed by atoms with E-state index >= 15 is 0 Å². The molecule has 0 aromatic heterocycles. The average molecular weight is 363 g/mol. The van der Waals surface area contributed by atoms with Crippen LogP contribution in [0, 0.1) is 0 Å². The van der Waals surface area contributed by atoms with Gasteiger partial charge in [-0.25, -0.2) is 13.1 Å². The second kappa shape index (κ2) is 7.00. The second-order valence-corrected chi connectivity index (χ2v) is 7.50. The summed E-state index contributed by atoms with van der Waals surface area (Å²) >= 11 is 11.8. The number of hydrogen-bond acceptors (Lipinski definition) is 3. The number of sulfonamides is 1. The minimum absolute atomic E-state index is 0.136. The molecule has 0 unspecified atom stereocenters. The van der Waals surface area contributed by atoms with Crippen molar-refractivity contribution in [3.63, 3.8) is 0 Å². The molecule has 5 nitrogen and oxygen atoms in total. The molecule has 8 heteroatoms. The Labute approximate surface area is 139 Å². The predicted molar refractivity (Wildman–Crippen MR) is 87.6 cm³/mol. The molecule has 1 saturated heterocycles. The van der Waals surface area contributed by atoms with Crippen LogP contribution in [-0.2, 0) is 10.0 Å². The summed E-state index contributed by atoms with van der Waals surface area (Å²) in [5.41, 5.74) is 0.472. The number of benzene rings is 1. The van der Waals surface area contributed by atoms with Crippen LogP contribution < -0.4 is 4.72 Å². The second-order valence-electron chi connectivity index (χ2n) is 5.02. The number of carbonyl (C=O) groups is 1. The van der Waals surface area contributed by atoms with Crippen molar-refractivity contribution in [2.75, 3.05) is 13.1 Å². The lowest BCUT2D eigenvalue weighted by Crippen LogP contribution is -2.46. The molecule has 0 radical (unpaired) electrons. The summed E-state index contributed by atoms with van der Waals surface area (Å²) in [7, 11) is -3.44. The number of nitrogens with one attached hydrogen (secondary N) is 1. The van der Waals surface area contributed by atoms with Crippen LogP contribution in [0.5, 0.6) is 0 Å². The lowest BCUT2D eigenvalue weighted by molar-refractivity contribution is 0.0711. The summed E-state index contributed by atoms with van der Waals surface area (Å²) < 4.78 is 25.4. The Hall–Kier alpha value is -1.08. The van der Waals surface area contributed by atoms with Crippen LogP contribution in [0.3, 0.4) is 0 Å². The molecule has 0 aliphatic carbocycles. The number of hydrogen-bond donors (Lipinski definition) is 1. The third kappa shape index (κ3) is 4.23. The molecule has 22 heavy (non-hydrogen) atoms. The predicted octanol–water partition coefficient (Wildman–Crippen LogP) is 2.66. The van der Waals surface area contributed by atoms with Crippen LogP contribution in [0.4, 0.5) is 0 Å². The van der Waals surface area contributed by atoms with Crippen molar-refractivity contribution in [1.29, 1.82) is 0 Å². The summed E-state index contributed by atoms with van der Waals surface area (Å²) in [6, 6.07) is 4.57. The van der Waals surface area contributed by atoms with Gasteiger partial charge in [-0.05, 0) is 31.0 Å². The molecule has 1 fully saturated rings. The number of likely N-dealkylation sites (tertiary alicyclic amines) is 1. The van der Waals surface area contributed by atoms with Gasteiger partial charge in [0.25, 0.3) is 5.91 Å². The first-order valence-corrected chi connectivity index (χ1v) is 9.02. The molecular weight excluding hydrogens is 347 g/mol. The third-order valence-corrected chi connectivity index (χ3v) is 5.34. The zero-order valence-electron chi connectivity index (χ0n) is 11.8. The van der Waals surface area contributed by atoms with Crippen LogP contribution in [0.15, 0.2) is 30.2 Å². The van der Waals surface area contributed by atoms with Gasteiger partial charge in [-0.1, -0.05) is 29.8 Å². The Morgan fingerprint density at radius 3 is 2.45 bits per heavy atom. The van der Waals surface area contributed by atoms with Gasteiger partial charge >= 0.3 is 0 Å². The maximum atomic E-state index is 12.4. The summed E-state index contributed by atoms with van der Waals surface area (Å²) in [6.45, 7) is 4.21. The lowest BCUT2D eigenvalue weighted by atomic mass is 10.0. The van der Waals surface area contributed by atoms with E-state index in [9.17, 15) is 13.2 Å². The maximum absolute atomic E-state index is 12.4. The van der Waals surface area contributed by atoms with E-state index in [2.05, 4.69) is 11.3 Å². The van der Waals surface area contributed by atoms with E-state index < -0.39 is 10.0 Å². The monoisotopic (exact) mass is 362 g/mol. The van der Waals surface area contributed by atoms with E-state index in [0.29, 0.717) is 41.5 Å². The number of amides is 1. The van der Waals surface area contributed by atoms with Gasteiger partial charge in [-0.15, -0.1) is 0 Å². The number of rotatable bonds is 4. The summed E-state index contributed by atoms with van der Waals surface area (Å²) in [6.07, 6.45) is 1.11. The largest absolute Gasteiger partial charge is 0.339 e. The van der Waals surface area contributed by atoms with Gasteiger partial charge in [0.15, 0.2) is 0 Å². The van der Waals surface area contributed by atoms with Crippen molar-refractivity contribution in [1.82, 2.24) is 9.62 Å². The molecule has 1 aliphatic rings. The fraction of sp³-hybridized carbons (Fsp3) is 0.357. The average Bonchev–Trinajstić information content (AvgIpc) is 2.50. The molecule has 1 amide bonds. The molecule has 0 atom stereocenters. The molecule has 2 rings (SSSR count). The normalized spacial score (nSPS) is 16.5. The van der Waals surface area contributed by atoms with Gasteiger partial charge in [0.05, 0.1) is 10.0 Å². The lowest BCUT2D eigenvalue weighted by Gasteiger charge is -2.32. The summed E-state index contributed by atoms with van der Waals surface area (Å²) in [5, 5.41) is 1.62. The zero-order valence-corrected chi connectivity index (χ0v) is 14.1. The summed E-state index contributed by atoms with van der Waals surface area (Å²) in [5.74, 6) is -0.136. The van der Waals surface area contributed by atoms with E-state index in [-0.39, 0.29) is 11.9 Å². The molecule has 0 spiro atoms. The van der Waals surface area contributed by atoms with E-state index in [4.69, 9.17) is 23.2 Å². The van der Waals surface area contributed by atoms with Crippen LogP contribution in [0.25, 0.3) is 0 Å². The molecule has 0 saturated carbocycles. The minimum Gasteiger partial charge on any atom is -0.339 e. The first-order valence-electron chi connectivity index (χ1n) is 6.71. The van der Waals surface area contributed by atoms with Crippen molar-refractivity contribution >= 4 is 39.1 Å². The number of halogens is 2. The Kier molecular flexibility index (Phi) is 5.50. The quantitative estimate of drug-likeness (QED) is 0.895. The fourth-order valence-electron chi connectivity index (χ4n) is 2.29. The molecule has 1 heterocycles.